The van der Waals surface area contributed by atoms with E-state index in [1.165, 1.54) is 11.8 Å². The molecule has 0 bridgehead atoms. The third-order valence-corrected chi connectivity index (χ3v) is 5.52. The Kier molecular flexibility index (Phi) is 6.16. The normalized spacial score (nSPS) is 17.4. The Hall–Kier alpha value is -2.24. The van der Waals surface area contributed by atoms with Crippen LogP contribution in [-0.2, 0) is 4.79 Å². The van der Waals surface area contributed by atoms with E-state index >= 15 is 0 Å². The molecular formula is C22H23ClN2O2S. The van der Waals surface area contributed by atoms with Crippen LogP contribution in [0.1, 0.15) is 30.5 Å². The van der Waals surface area contributed by atoms with Crippen molar-refractivity contribution in [3.05, 3.63) is 63.0 Å². The van der Waals surface area contributed by atoms with Crippen LogP contribution < -0.4 is 0 Å². The van der Waals surface area contributed by atoms with E-state index in [1.54, 1.807) is 17.0 Å². The molecular weight excluding hydrogens is 392 g/mol. The Morgan fingerprint density at radius 1 is 1.21 bits per heavy atom. The summed E-state index contributed by atoms with van der Waals surface area (Å²) < 4.78 is 0. The molecule has 0 atom stereocenters. The van der Waals surface area contributed by atoms with Crippen LogP contribution in [0.15, 0.2) is 46.3 Å². The van der Waals surface area contributed by atoms with Crippen LogP contribution in [0.4, 0.5) is 5.69 Å². The van der Waals surface area contributed by atoms with E-state index in [-0.39, 0.29) is 11.7 Å². The van der Waals surface area contributed by atoms with Crippen molar-refractivity contribution in [3.63, 3.8) is 0 Å². The summed E-state index contributed by atoms with van der Waals surface area (Å²) in [6, 6.07) is 11.0. The Bertz CT molecular complexity index is 959. The lowest BCUT2D eigenvalue weighted by Gasteiger charge is -2.17. The molecule has 1 fully saturated rings. The van der Waals surface area contributed by atoms with Gasteiger partial charge in [-0.15, -0.1) is 0 Å². The first-order valence-corrected chi connectivity index (χ1v) is 10.3. The monoisotopic (exact) mass is 414 g/mol. The van der Waals surface area contributed by atoms with E-state index < -0.39 is 0 Å². The number of hydrogen-bond donors (Lipinski definition) is 1. The van der Waals surface area contributed by atoms with Crippen LogP contribution in [0.5, 0.6) is 5.75 Å². The van der Waals surface area contributed by atoms with Gasteiger partial charge in [0.2, 0.25) is 0 Å². The molecule has 0 aliphatic carbocycles. The van der Waals surface area contributed by atoms with E-state index in [0.29, 0.717) is 33.2 Å². The van der Waals surface area contributed by atoms with Gasteiger partial charge in [-0.2, -0.15) is 0 Å². The zero-order valence-corrected chi connectivity index (χ0v) is 17.9. The van der Waals surface area contributed by atoms with Gasteiger partial charge >= 0.3 is 0 Å². The van der Waals surface area contributed by atoms with Crippen LogP contribution in [0.25, 0.3) is 6.08 Å². The molecule has 4 nitrogen and oxygen atoms in total. The third-order valence-electron chi connectivity index (χ3n) is 4.28. The quantitative estimate of drug-likeness (QED) is 0.631. The molecule has 1 amide bonds. The zero-order valence-electron chi connectivity index (χ0n) is 16.4. The zero-order chi connectivity index (χ0) is 20.4. The van der Waals surface area contributed by atoms with Gasteiger partial charge < -0.3 is 5.11 Å². The summed E-state index contributed by atoms with van der Waals surface area (Å²) in [6.07, 6.45) is 1.86. The fourth-order valence-corrected chi connectivity index (χ4v) is 4.19. The summed E-state index contributed by atoms with van der Waals surface area (Å²) in [5.41, 5.74) is 3.18. The van der Waals surface area contributed by atoms with Gasteiger partial charge in [-0.25, -0.2) is 4.99 Å². The molecule has 1 heterocycles. The number of thioether (sulfide) groups is 1. The first-order chi connectivity index (χ1) is 13.2. The molecule has 0 spiro atoms. The van der Waals surface area contributed by atoms with Crippen molar-refractivity contribution in [1.82, 2.24) is 4.90 Å². The first kappa shape index (κ1) is 20.5. The summed E-state index contributed by atoms with van der Waals surface area (Å²) in [5.74, 6) is 0.548. The number of hydrogen-bond acceptors (Lipinski definition) is 4. The largest absolute Gasteiger partial charge is 0.507 e. The second kappa shape index (κ2) is 8.41. The molecule has 146 valence electrons. The Morgan fingerprint density at radius 3 is 2.50 bits per heavy atom. The van der Waals surface area contributed by atoms with Crippen molar-refractivity contribution in [1.29, 1.82) is 0 Å². The Balaban J connectivity index is 1.99. The molecule has 1 saturated heterocycles. The van der Waals surface area contributed by atoms with Crippen LogP contribution in [-0.4, -0.2) is 27.6 Å². The average molecular weight is 415 g/mol. The molecule has 28 heavy (non-hydrogen) atoms. The van der Waals surface area contributed by atoms with Crippen LogP contribution >= 0.6 is 23.4 Å². The number of aliphatic imine (C=N–C) groups is 1. The van der Waals surface area contributed by atoms with Crippen LogP contribution in [0.2, 0.25) is 5.02 Å². The van der Waals surface area contributed by atoms with E-state index in [9.17, 15) is 9.90 Å². The molecule has 6 heteroatoms. The highest BCUT2D eigenvalue weighted by atomic mass is 35.5. The van der Waals surface area contributed by atoms with Crippen LogP contribution in [0.3, 0.4) is 0 Å². The summed E-state index contributed by atoms with van der Waals surface area (Å²) in [5, 5.41) is 11.2. The summed E-state index contributed by atoms with van der Waals surface area (Å²) in [6.45, 7) is 8.44. The number of benzene rings is 2. The van der Waals surface area contributed by atoms with E-state index in [2.05, 4.69) is 18.8 Å². The average Bonchev–Trinajstić information content (AvgIpc) is 2.88. The molecule has 0 aromatic heterocycles. The van der Waals surface area contributed by atoms with Crippen molar-refractivity contribution < 1.29 is 9.90 Å². The molecule has 0 radical (unpaired) electrons. The maximum Gasteiger partial charge on any atom is 0.266 e. The number of phenols is 1. The number of carbonyl (C=O) groups excluding carboxylic acids is 1. The van der Waals surface area contributed by atoms with Gasteiger partial charge in [-0.05, 0) is 84.6 Å². The lowest BCUT2D eigenvalue weighted by atomic mass is 10.1. The number of halogens is 1. The Morgan fingerprint density at radius 2 is 1.89 bits per heavy atom. The number of aromatic hydroxyl groups is 1. The maximum atomic E-state index is 13.0. The van der Waals surface area contributed by atoms with E-state index in [4.69, 9.17) is 11.6 Å². The molecule has 0 saturated carbocycles. The Labute approximate surface area is 174 Å². The van der Waals surface area contributed by atoms with Crippen LogP contribution in [0, 0.1) is 19.8 Å². The highest BCUT2D eigenvalue weighted by Crippen LogP contribution is 2.35. The lowest BCUT2D eigenvalue weighted by Crippen LogP contribution is -2.32. The van der Waals surface area contributed by atoms with Gasteiger partial charge in [-0.1, -0.05) is 31.5 Å². The minimum atomic E-state index is -0.0529. The SMILES string of the molecule is Cc1cc(/C=C2/SC(=Nc3cccc(Cl)c3)N(CC(C)C)C2=O)cc(C)c1O. The van der Waals surface area contributed by atoms with Crippen molar-refractivity contribution in [2.45, 2.75) is 27.7 Å². The third kappa shape index (κ3) is 4.59. The van der Waals surface area contributed by atoms with Gasteiger partial charge in [0.15, 0.2) is 5.17 Å². The predicted octanol–water partition coefficient (Wildman–Crippen LogP) is 5.92. The van der Waals surface area contributed by atoms with E-state index in [0.717, 1.165) is 16.7 Å². The fourth-order valence-electron chi connectivity index (χ4n) is 3.00. The first-order valence-electron chi connectivity index (χ1n) is 9.10. The van der Waals surface area contributed by atoms with Crippen molar-refractivity contribution in [2.75, 3.05) is 6.54 Å². The fraction of sp³-hybridized carbons (Fsp3) is 0.273. The number of nitrogens with zero attached hydrogens (tertiary/aromatic N) is 2. The van der Waals surface area contributed by atoms with Gasteiger partial charge in [-0.3, -0.25) is 9.69 Å². The molecule has 0 unspecified atom stereocenters. The molecule has 1 aliphatic heterocycles. The predicted molar refractivity (Wildman–Crippen MR) is 118 cm³/mol. The topological polar surface area (TPSA) is 52.9 Å². The second-order valence-corrected chi connectivity index (χ2v) is 8.74. The van der Waals surface area contributed by atoms with Crippen molar-refractivity contribution in [2.24, 2.45) is 10.9 Å². The molecule has 3 rings (SSSR count). The minimum Gasteiger partial charge on any atom is -0.507 e. The molecule has 1 N–H and O–H groups in total. The number of amidine groups is 1. The molecule has 1 aliphatic rings. The summed E-state index contributed by atoms with van der Waals surface area (Å²) in [7, 11) is 0. The van der Waals surface area contributed by atoms with Gasteiger partial charge in [0.1, 0.15) is 5.75 Å². The highest BCUT2D eigenvalue weighted by Gasteiger charge is 2.33. The van der Waals surface area contributed by atoms with Crippen molar-refractivity contribution >= 4 is 46.2 Å². The standard InChI is InChI=1S/C22H23ClN2O2S/c1-13(2)12-25-21(27)19(10-16-8-14(3)20(26)15(4)9-16)28-22(25)24-18-7-5-6-17(23)11-18/h5-11,13,26H,12H2,1-4H3/b19-10+,24-22?. The van der Waals surface area contributed by atoms with Crippen molar-refractivity contribution in [3.8, 4) is 5.75 Å². The smallest absolute Gasteiger partial charge is 0.266 e. The van der Waals surface area contributed by atoms with E-state index in [1.807, 2.05) is 44.2 Å². The van der Waals surface area contributed by atoms with Gasteiger partial charge in [0, 0.05) is 11.6 Å². The maximum absolute atomic E-state index is 13.0. The molecule has 2 aromatic rings. The number of aryl methyl sites for hydroxylation is 2. The summed E-state index contributed by atoms with van der Waals surface area (Å²) >= 11 is 7.43. The number of rotatable bonds is 4. The number of carbonyl (C=O) groups is 1. The highest BCUT2D eigenvalue weighted by molar-refractivity contribution is 8.18. The van der Waals surface area contributed by atoms with Gasteiger partial charge in [0.05, 0.1) is 10.6 Å². The number of phenolic OH excluding ortho intramolecular Hbond substituents is 1. The summed E-state index contributed by atoms with van der Waals surface area (Å²) in [4.78, 5) is 20.0. The van der Waals surface area contributed by atoms with Gasteiger partial charge in [0.25, 0.3) is 5.91 Å². The minimum absolute atomic E-state index is 0.0529. The second-order valence-electron chi connectivity index (χ2n) is 7.30. The molecule has 2 aromatic carbocycles. The number of amides is 1. The lowest BCUT2D eigenvalue weighted by molar-refractivity contribution is -0.122.